The molecule has 0 radical (unpaired) electrons. The molecule has 0 atom stereocenters. The number of aryl methyl sites for hydroxylation is 1. The van der Waals surface area contributed by atoms with Gasteiger partial charge in [0.05, 0.1) is 11.2 Å². The lowest BCUT2D eigenvalue weighted by Crippen LogP contribution is -1.97. The molecule has 3 rings (SSSR count). The predicted octanol–water partition coefficient (Wildman–Crippen LogP) is 4.27. The third-order valence-corrected chi connectivity index (χ3v) is 3.35. The van der Waals surface area contributed by atoms with Gasteiger partial charge in [0.1, 0.15) is 17.2 Å². The van der Waals surface area contributed by atoms with Gasteiger partial charge in [-0.2, -0.15) is 0 Å². The highest BCUT2D eigenvalue weighted by molar-refractivity contribution is 7.71. The SMILES string of the molecule is Cc1cc(F)ccc1-n1c(=S)[nH]c2c(F)cccc21. The van der Waals surface area contributed by atoms with Crippen LogP contribution in [0, 0.1) is 23.3 Å². The van der Waals surface area contributed by atoms with Gasteiger partial charge in [-0.1, -0.05) is 6.07 Å². The highest BCUT2D eigenvalue weighted by Crippen LogP contribution is 2.24. The Morgan fingerprint density at radius 1 is 1.16 bits per heavy atom. The Bertz CT molecular complexity index is 833. The summed E-state index contributed by atoms with van der Waals surface area (Å²) in [5, 5.41) is 0. The smallest absolute Gasteiger partial charge is 0.182 e. The number of benzene rings is 2. The molecule has 0 saturated heterocycles. The van der Waals surface area contributed by atoms with E-state index in [1.165, 1.54) is 18.2 Å². The highest BCUT2D eigenvalue weighted by atomic mass is 32.1. The Kier molecular flexibility index (Phi) is 2.71. The van der Waals surface area contributed by atoms with Gasteiger partial charge in [0.2, 0.25) is 0 Å². The fourth-order valence-corrected chi connectivity index (χ4v) is 2.50. The zero-order chi connectivity index (χ0) is 13.6. The first kappa shape index (κ1) is 12.0. The number of aromatic amines is 1. The lowest BCUT2D eigenvalue weighted by atomic mass is 10.2. The normalized spacial score (nSPS) is 11.1. The molecule has 2 nitrogen and oxygen atoms in total. The van der Waals surface area contributed by atoms with Gasteiger partial charge in [-0.3, -0.25) is 4.57 Å². The van der Waals surface area contributed by atoms with Gasteiger partial charge in [0.25, 0.3) is 0 Å². The van der Waals surface area contributed by atoms with E-state index in [9.17, 15) is 8.78 Å². The van der Waals surface area contributed by atoms with Crippen molar-refractivity contribution in [3.8, 4) is 5.69 Å². The number of fused-ring (bicyclic) bond motifs is 1. The first-order valence-electron chi connectivity index (χ1n) is 5.73. The maximum atomic E-state index is 13.7. The first-order valence-corrected chi connectivity index (χ1v) is 6.14. The van der Waals surface area contributed by atoms with Gasteiger partial charge in [0, 0.05) is 0 Å². The Labute approximate surface area is 113 Å². The molecule has 0 saturated carbocycles. The van der Waals surface area contributed by atoms with Crippen molar-refractivity contribution >= 4 is 23.3 Å². The van der Waals surface area contributed by atoms with Crippen LogP contribution in [0.4, 0.5) is 8.78 Å². The van der Waals surface area contributed by atoms with E-state index < -0.39 is 0 Å². The summed E-state index contributed by atoms with van der Waals surface area (Å²) >= 11 is 5.23. The molecule has 0 aliphatic heterocycles. The number of para-hydroxylation sites is 1. The summed E-state index contributed by atoms with van der Waals surface area (Å²) in [4.78, 5) is 2.84. The molecule has 5 heteroatoms. The van der Waals surface area contributed by atoms with E-state index in [0.717, 1.165) is 11.3 Å². The average Bonchev–Trinajstić information content (AvgIpc) is 2.68. The number of hydrogen-bond acceptors (Lipinski definition) is 1. The van der Waals surface area contributed by atoms with E-state index >= 15 is 0 Å². The van der Waals surface area contributed by atoms with Crippen LogP contribution in [0.15, 0.2) is 36.4 Å². The molecule has 96 valence electrons. The van der Waals surface area contributed by atoms with Crippen LogP contribution >= 0.6 is 12.2 Å². The second-order valence-corrected chi connectivity index (χ2v) is 4.72. The largest absolute Gasteiger partial charge is 0.328 e. The minimum atomic E-state index is -0.359. The minimum Gasteiger partial charge on any atom is -0.328 e. The number of hydrogen-bond donors (Lipinski definition) is 1. The van der Waals surface area contributed by atoms with Crippen LogP contribution in [-0.2, 0) is 0 Å². The summed E-state index contributed by atoms with van der Waals surface area (Å²) in [5.74, 6) is -0.666. The van der Waals surface area contributed by atoms with Gasteiger partial charge in [0.15, 0.2) is 4.77 Å². The van der Waals surface area contributed by atoms with Crippen molar-refractivity contribution in [2.45, 2.75) is 6.92 Å². The van der Waals surface area contributed by atoms with Crippen molar-refractivity contribution in [3.05, 3.63) is 58.4 Å². The van der Waals surface area contributed by atoms with E-state index in [1.54, 1.807) is 29.7 Å². The van der Waals surface area contributed by atoms with E-state index in [-0.39, 0.29) is 11.6 Å². The summed E-state index contributed by atoms with van der Waals surface area (Å²) in [6, 6.07) is 9.19. The molecule has 0 fully saturated rings. The van der Waals surface area contributed by atoms with Crippen molar-refractivity contribution in [1.29, 1.82) is 0 Å². The summed E-state index contributed by atoms with van der Waals surface area (Å²) in [6.07, 6.45) is 0. The molecule has 3 aromatic rings. The number of aromatic nitrogens is 2. The Balaban J connectivity index is 2.40. The van der Waals surface area contributed by atoms with Crippen LogP contribution in [0.5, 0.6) is 0 Å². The summed E-state index contributed by atoms with van der Waals surface area (Å²) in [7, 11) is 0. The number of halogens is 2. The average molecular weight is 276 g/mol. The zero-order valence-corrected chi connectivity index (χ0v) is 10.9. The number of nitrogens with one attached hydrogen (secondary N) is 1. The molecule has 0 aliphatic rings. The van der Waals surface area contributed by atoms with E-state index in [4.69, 9.17) is 12.2 Å². The lowest BCUT2D eigenvalue weighted by molar-refractivity contribution is 0.626. The summed E-state index contributed by atoms with van der Waals surface area (Å²) in [5.41, 5.74) is 2.47. The maximum absolute atomic E-state index is 13.7. The van der Waals surface area contributed by atoms with Gasteiger partial charge in [-0.25, -0.2) is 8.78 Å². The van der Waals surface area contributed by atoms with Crippen LogP contribution in [0.2, 0.25) is 0 Å². The van der Waals surface area contributed by atoms with Crippen LogP contribution < -0.4 is 0 Å². The molecule has 0 bridgehead atoms. The topological polar surface area (TPSA) is 20.7 Å². The fourth-order valence-electron chi connectivity index (χ4n) is 2.20. The molecule has 0 amide bonds. The van der Waals surface area contributed by atoms with E-state index in [2.05, 4.69) is 4.98 Å². The van der Waals surface area contributed by atoms with E-state index in [0.29, 0.717) is 15.8 Å². The Hall–Kier alpha value is -2.01. The van der Waals surface area contributed by atoms with Crippen LogP contribution in [0.1, 0.15) is 5.56 Å². The molecular formula is C14H10F2N2S. The van der Waals surface area contributed by atoms with Gasteiger partial charge >= 0.3 is 0 Å². The van der Waals surface area contributed by atoms with E-state index in [1.807, 2.05) is 0 Å². The molecule has 1 heterocycles. The third kappa shape index (κ3) is 1.86. The molecule has 1 aromatic heterocycles. The standard InChI is InChI=1S/C14H10F2N2S/c1-8-7-9(15)5-6-11(8)18-12-4-2-3-10(16)13(12)17-14(18)19/h2-7H,1H3,(H,17,19). The summed E-state index contributed by atoms with van der Waals surface area (Å²) < 4.78 is 29.0. The third-order valence-electron chi connectivity index (χ3n) is 3.07. The van der Waals surface area contributed by atoms with Crippen LogP contribution in [-0.4, -0.2) is 9.55 Å². The maximum Gasteiger partial charge on any atom is 0.182 e. The van der Waals surface area contributed by atoms with Crippen molar-refractivity contribution in [3.63, 3.8) is 0 Å². The predicted molar refractivity (Wildman–Crippen MR) is 73.1 cm³/mol. The highest BCUT2D eigenvalue weighted by Gasteiger charge is 2.11. The van der Waals surface area contributed by atoms with Crippen molar-refractivity contribution in [2.24, 2.45) is 0 Å². The van der Waals surface area contributed by atoms with Crippen LogP contribution in [0.3, 0.4) is 0 Å². The zero-order valence-electron chi connectivity index (χ0n) is 10.1. The molecular weight excluding hydrogens is 266 g/mol. The Morgan fingerprint density at radius 2 is 1.95 bits per heavy atom. The molecule has 0 unspecified atom stereocenters. The monoisotopic (exact) mass is 276 g/mol. The van der Waals surface area contributed by atoms with Crippen LogP contribution in [0.25, 0.3) is 16.7 Å². The Morgan fingerprint density at radius 3 is 2.68 bits per heavy atom. The van der Waals surface area contributed by atoms with Gasteiger partial charge < -0.3 is 4.98 Å². The first-order chi connectivity index (χ1) is 9.08. The van der Waals surface area contributed by atoms with Crippen molar-refractivity contribution in [2.75, 3.05) is 0 Å². The van der Waals surface area contributed by atoms with Crippen molar-refractivity contribution < 1.29 is 8.78 Å². The lowest BCUT2D eigenvalue weighted by Gasteiger charge is -2.08. The fraction of sp³-hybridized carbons (Fsp3) is 0.0714. The number of rotatable bonds is 1. The van der Waals surface area contributed by atoms with Crippen molar-refractivity contribution in [1.82, 2.24) is 9.55 Å². The number of H-pyrrole nitrogens is 1. The molecule has 2 aromatic carbocycles. The second-order valence-electron chi connectivity index (χ2n) is 4.33. The number of nitrogens with zero attached hydrogens (tertiary/aromatic N) is 1. The molecule has 0 aliphatic carbocycles. The van der Waals surface area contributed by atoms with Gasteiger partial charge in [-0.15, -0.1) is 0 Å². The number of imidazole rings is 1. The second kappa shape index (κ2) is 4.28. The quantitative estimate of drug-likeness (QED) is 0.658. The van der Waals surface area contributed by atoms with Gasteiger partial charge in [-0.05, 0) is 55.0 Å². The molecule has 19 heavy (non-hydrogen) atoms. The minimum absolute atomic E-state index is 0.307. The molecule has 0 spiro atoms. The molecule has 1 N–H and O–H groups in total. The summed E-state index contributed by atoms with van der Waals surface area (Å²) in [6.45, 7) is 1.79.